The molecular weight excluding hydrogens is 327 g/mol. The van der Waals surface area contributed by atoms with Crippen molar-refractivity contribution in [2.45, 2.75) is 25.1 Å². The first-order valence-corrected chi connectivity index (χ1v) is 7.79. The third-order valence-corrected chi connectivity index (χ3v) is 4.11. The van der Waals surface area contributed by atoms with Crippen LogP contribution in [0.4, 0.5) is 18.9 Å². The van der Waals surface area contributed by atoms with Crippen molar-refractivity contribution in [2.24, 2.45) is 5.73 Å². The SMILES string of the molecule is NC(=S)c1ccc(NS(=O)(=O)NC2CC2)cc1C(F)(F)F. The minimum atomic E-state index is -4.69. The van der Waals surface area contributed by atoms with Gasteiger partial charge in [-0.15, -0.1) is 0 Å². The van der Waals surface area contributed by atoms with E-state index in [1.165, 1.54) is 6.07 Å². The Bertz CT molecular complexity index is 670. The molecule has 0 aromatic heterocycles. The van der Waals surface area contributed by atoms with E-state index < -0.39 is 26.9 Å². The van der Waals surface area contributed by atoms with Gasteiger partial charge in [-0.1, -0.05) is 12.2 Å². The van der Waals surface area contributed by atoms with E-state index in [9.17, 15) is 21.6 Å². The molecule has 10 heteroatoms. The standard InChI is InChI=1S/C11H12F3N3O2S2/c12-11(13,14)9-5-7(3-4-8(9)10(15)20)17-21(18,19)16-6-1-2-6/h3-6,16-17H,1-2H2,(H2,15,20). The van der Waals surface area contributed by atoms with Crippen LogP contribution in [0.25, 0.3) is 0 Å². The first-order valence-electron chi connectivity index (χ1n) is 5.89. The molecule has 0 saturated heterocycles. The molecule has 2 rings (SSSR count). The highest BCUT2D eigenvalue weighted by Gasteiger charge is 2.35. The van der Waals surface area contributed by atoms with E-state index in [1.807, 2.05) is 4.72 Å². The second-order valence-electron chi connectivity index (χ2n) is 4.62. The summed E-state index contributed by atoms with van der Waals surface area (Å²) in [5, 5.41) is 0. The van der Waals surface area contributed by atoms with Gasteiger partial charge in [0.1, 0.15) is 4.99 Å². The number of nitrogens with one attached hydrogen (secondary N) is 2. The molecule has 1 aliphatic carbocycles. The lowest BCUT2D eigenvalue weighted by Gasteiger charge is -2.15. The fourth-order valence-electron chi connectivity index (χ4n) is 1.66. The van der Waals surface area contributed by atoms with Crippen molar-refractivity contribution in [3.05, 3.63) is 29.3 Å². The van der Waals surface area contributed by atoms with Crippen molar-refractivity contribution in [2.75, 3.05) is 4.72 Å². The monoisotopic (exact) mass is 339 g/mol. The highest BCUT2D eigenvalue weighted by Crippen LogP contribution is 2.34. The zero-order chi connectivity index (χ0) is 15.8. The Hall–Kier alpha value is -1.39. The number of hydrogen-bond donors (Lipinski definition) is 3. The van der Waals surface area contributed by atoms with Crippen molar-refractivity contribution in [3.63, 3.8) is 0 Å². The molecule has 1 saturated carbocycles. The van der Waals surface area contributed by atoms with Crippen molar-refractivity contribution >= 4 is 33.1 Å². The van der Waals surface area contributed by atoms with Crippen LogP contribution >= 0.6 is 12.2 Å². The molecule has 1 aliphatic rings. The van der Waals surface area contributed by atoms with E-state index in [1.54, 1.807) is 0 Å². The van der Waals surface area contributed by atoms with Crippen LogP contribution in [0.1, 0.15) is 24.0 Å². The van der Waals surface area contributed by atoms with Crippen molar-refractivity contribution in [1.29, 1.82) is 0 Å². The van der Waals surface area contributed by atoms with Crippen molar-refractivity contribution in [3.8, 4) is 0 Å². The van der Waals surface area contributed by atoms with Crippen LogP contribution < -0.4 is 15.2 Å². The molecule has 0 aliphatic heterocycles. The van der Waals surface area contributed by atoms with Crippen LogP contribution in [0.2, 0.25) is 0 Å². The molecule has 4 N–H and O–H groups in total. The number of alkyl halides is 3. The number of rotatable bonds is 5. The quantitative estimate of drug-likeness (QED) is 0.714. The van der Waals surface area contributed by atoms with Gasteiger partial charge in [0.05, 0.1) is 11.3 Å². The molecule has 0 bridgehead atoms. The maximum atomic E-state index is 12.9. The molecule has 0 amide bonds. The highest BCUT2D eigenvalue weighted by molar-refractivity contribution is 7.90. The highest BCUT2D eigenvalue weighted by atomic mass is 32.2. The lowest BCUT2D eigenvalue weighted by atomic mass is 10.1. The third-order valence-electron chi connectivity index (χ3n) is 2.74. The summed E-state index contributed by atoms with van der Waals surface area (Å²) in [7, 11) is -3.90. The van der Waals surface area contributed by atoms with Gasteiger partial charge in [0.15, 0.2) is 0 Å². The minimum Gasteiger partial charge on any atom is -0.389 e. The maximum Gasteiger partial charge on any atom is 0.417 e. The third kappa shape index (κ3) is 4.29. The number of anilines is 1. The van der Waals surface area contributed by atoms with Crippen LogP contribution in [0.3, 0.4) is 0 Å². The molecule has 116 valence electrons. The molecule has 0 unspecified atom stereocenters. The number of benzene rings is 1. The topological polar surface area (TPSA) is 84.2 Å². The zero-order valence-corrected chi connectivity index (χ0v) is 12.2. The Morgan fingerprint density at radius 3 is 2.43 bits per heavy atom. The Morgan fingerprint density at radius 1 is 1.33 bits per heavy atom. The lowest BCUT2D eigenvalue weighted by molar-refractivity contribution is -0.137. The van der Waals surface area contributed by atoms with Crippen LogP contribution in [-0.4, -0.2) is 19.4 Å². The van der Waals surface area contributed by atoms with Crippen LogP contribution in [0.5, 0.6) is 0 Å². The Morgan fingerprint density at radius 2 is 1.95 bits per heavy atom. The predicted molar refractivity (Wildman–Crippen MR) is 76.0 cm³/mol. The van der Waals surface area contributed by atoms with Crippen LogP contribution in [0.15, 0.2) is 18.2 Å². The van der Waals surface area contributed by atoms with E-state index in [0.29, 0.717) is 6.07 Å². The molecule has 1 aromatic carbocycles. The number of halogens is 3. The Kier molecular flexibility index (Phi) is 4.13. The molecular formula is C11H12F3N3O2S2. The van der Waals surface area contributed by atoms with Gasteiger partial charge in [-0.3, -0.25) is 4.72 Å². The largest absolute Gasteiger partial charge is 0.417 e. The fraction of sp³-hybridized carbons (Fsp3) is 0.364. The van der Waals surface area contributed by atoms with E-state index in [4.69, 9.17) is 5.73 Å². The second kappa shape index (κ2) is 5.43. The van der Waals surface area contributed by atoms with Gasteiger partial charge in [-0.2, -0.15) is 26.3 Å². The Labute approximate surface area is 124 Å². The smallest absolute Gasteiger partial charge is 0.389 e. The van der Waals surface area contributed by atoms with Gasteiger partial charge in [0.25, 0.3) is 10.2 Å². The van der Waals surface area contributed by atoms with Gasteiger partial charge < -0.3 is 5.73 Å². The summed E-state index contributed by atoms with van der Waals surface area (Å²) < 4.78 is 66.5. The summed E-state index contributed by atoms with van der Waals surface area (Å²) in [5.41, 5.74) is 3.60. The van der Waals surface area contributed by atoms with E-state index in [-0.39, 0.29) is 17.3 Å². The lowest BCUT2D eigenvalue weighted by Crippen LogP contribution is -2.32. The first kappa shape index (κ1) is 16.0. The average molecular weight is 339 g/mol. The molecule has 0 radical (unpaired) electrons. The molecule has 5 nitrogen and oxygen atoms in total. The summed E-state index contributed by atoms with van der Waals surface area (Å²) in [4.78, 5) is -0.409. The van der Waals surface area contributed by atoms with E-state index >= 15 is 0 Å². The fourth-order valence-corrected chi connectivity index (χ4v) is 3.01. The van der Waals surface area contributed by atoms with E-state index in [2.05, 4.69) is 16.9 Å². The minimum absolute atomic E-state index is 0.152. The summed E-state index contributed by atoms with van der Waals surface area (Å²) in [6, 6.07) is 2.73. The Balaban J connectivity index is 2.31. The zero-order valence-electron chi connectivity index (χ0n) is 10.6. The molecule has 1 fully saturated rings. The normalized spacial score (nSPS) is 15.8. The van der Waals surface area contributed by atoms with Gasteiger partial charge in [-0.25, -0.2) is 0 Å². The molecule has 0 heterocycles. The van der Waals surface area contributed by atoms with Gasteiger partial charge >= 0.3 is 6.18 Å². The average Bonchev–Trinajstić information content (AvgIpc) is 3.09. The second-order valence-corrected chi connectivity index (χ2v) is 6.51. The summed E-state index contributed by atoms with van der Waals surface area (Å²) >= 11 is 4.56. The maximum absolute atomic E-state index is 12.9. The van der Waals surface area contributed by atoms with Crippen LogP contribution in [-0.2, 0) is 16.4 Å². The summed E-state index contributed by atoms with van der Waals surface area (Å²) in [6.07, 6.45) is -3.26. The molecule has 0 spiro atoms. The van der Waals surface area contributed by atoms with Crippen molar-refractivity contribution in [1.82, 2.24) is 4.72 Å². The van der Waals surface area contributed by atoms with E-state index in [0.717, 1.165) is 18.9 Å². The number of thiocarbonyl (C=S) groups is 1. The predicted octanol–water partition coefficient (Wildman–Crippen LogP) is 1.75. The van der Waals surface area contributed by atoms with Crippen molar-refractivity contribution < 1.29 is 21.6 Å². The van der Waals surface area contributed by atoms with Gasteiger partial charge in [0.2, 0.25) is 0 Å². The number of nitrogens with two attached hydrogens (primary N) is 1. The number of hydrogen-bond acceptors (Lipinski definition) is 3. The van der Waals surface area contributed by atoms with Gasteiger partial charge in [0, 0.05) is 11.6 Å². The summed E-state index contributed by atoms with van der Waals surface area (Å²) in [6.45, 7) is 0. The molecule has 1 aromatic rings. The van der Waals surface area contributed by atoms with Crippen LogP contribution in [0, 0.1) is 0 Å². The molecule has 0 atom stereocenters. The van der Waals surface area contributed by atoms with Gasteiger partial charge in [-0.05, 0) is 31.0 Å². The summed E-state index contributed by atoms with van der Waals surface area (Å²) in [5.74, 6) is 0. The first-order chi connectivity index (χ1) is 9.58. The molecule has 21 heavy (non-hydrogen) atoms.